The van der Waals surface area contributed by atoms with Gasteiger partial charge in [0.15, 0.2) is 0 Å². The van der Waals surface area contributed by atoms with Crippen molar-refractivity contribution in [2.75, 3.05) is 6.54 Å². The van der Waals surface area contributed by atoms with Gasteiger partial charge in [-0.15, -0.1) is 0 Å². The van der Waals surface area contributed by atoms with E-state index in [0.717, 1.165) is 37.1 Å². The minimum atomic E-state index is 0.102. The Morgan fingerprint density at radius 1 is 1.14 bits per heavy atom. The lowest BCUT2D eigenvalue weighted by molar-refractivity contribution is 0.106. The lowest BCUT2D eigenvalue weighted by Gasteiger charge is -2.10. The standard InChI is InChI=1S/C12H13NO/c14-12(10-6-2-1-3-7-10)11-8-4-5-9-13-11/h1-3,6-7H,4-5,8-9H2. The van der Waals surface area contributed by atoms with Gasteiger partial charge >= 0.3 is 0 Å². The van der Waals surface area contributed by atoms with E-state index in [0.29, 0.717) is 0 Å². The first-order valence-electron chi connectivity index (χ1n) is 5.01. The lowest BCUT2D eigenvalue weighted by Crippen LogP contribution is -2.17. The molecular weight excluding hydrogens is 174 g/mol. The van der Waals surface area contributed by atoms with Crippen molar-refractivity contribution in [2.45, 2.75) is 19.3 Å². The van der Waals surface area contributed by atoms with E-state index in [1.54, 1.807) is 0 Å². The minimum Gasteiger partial charge on any atom is -0.287 e. The monoisotopic (exact) mass is 187 g/mol. The molecule has 0 unspecified atom stereocenters. The predicted molar refractivity (Wildman–Crippen MR) is 56.9 cm³/mol. The first-order chi connectivity index (χ1) is 6.88. The number of carbonyl (C=O) groups is 1. The highest BCUT2D eigenvalue weighted by molar-refractivity contribution is 6.46. The van der Waals surface area contributed by atoms with E-state index in [2.05, 4.69) is 4.99 Å². The molecule has 0 spiro atoms. The van der Waals surface area contributed by atoms with Gasteiger partial charge in [-0.3, -0.25) is 9.79 Å². The summed E-state index contributed by atoms with van der Waals surface area (Å²) in [6, 6.07) is 9.38. The molecule has 2 nitrogen and oxygen atoms in total. The van der Waals surface area contributed by atoms with Gasteiger partial charge in [-0.05, 0) is 19.3 Å². The summed E-state index contributed by atoms with van der Waals surface area (Å²) in [5.74, 6) is 0.102. The van der Waals surface area contributed by atoms with Crippen LogP contribution in [0.5, 0.6) is 0 Å². The summed E-state index contributed by atoms with van der Waals surface area (Å²) in [6.07, 6.45) is 3.05. The predicted octanol–water partition coefficient (Wildman–Crippen LogP) is 2.49. The first kappa shape index (κ1) is 9.13. The van der Waals surface area contributed by atoms with Gasteiger partial charge in [-0.25, -0.2) is 0 Å². The Balaban J connectivity index is 2.20. The highest BCUT2D eigenvalue weighted by Crippen LogP contribution is 2.10. The Labute approximate surface area is 83.7 Å². The van der Waals surface area contributed by atoms with Crippen LogP contribution >= 0.6 is 0 Å². The number of ketones is 1. The highest BCUT2D eigenvalue weighted by Gasteiger charge is 2.15. The molecule has 2 heteroatoms. The zero-order valence-electron chi connectivity index (χ0n) is 8.07. The van der Waals surface area contributed by atoms with Gasteiger partial charge in [-0.2, -0.15) is 0 Å². The van der Waals surface area contributed by atoms with Crippen molar-refractivity contribution in [1.29, 1.82) is 0 Å². The molecule has 0 N–H and O–H groups in total. The molecule has 1 aromatic rings. The second-order valence-electron chi connectivity index (χ2n) is 3.48. The summed E-state index contributed by atoms with van der Waals surface area (Å²) in [5, 5.41) is 0. The van der Waals surface area contributed by atoms with E-state index >= 15 is 0 Å². The van der Waals surface area contributed by atoms with Crippen molar-refractivity contribution < 1.29 is 4.79 Å². The number of Topliss-reactive ketones (excluding diaryl/α,β-unsaturated/α-hetero) is 1. The fourth-order valence-electron chi connectivity index (χ4n) is 1.64. The van der Waals surface area contributed by atoms with Crippen molar-refractivity contribution in [3.05, 3.63) is 35.9 Å². The van der Waals surface area contributed by atoms with Crippen LogP contribution in [0.2, 0.25) is 0 Å². The number of nitrogens with zero attached hydrogens (tertiary/aromatic N) is 1. The van der Waals surface area contributed by atoms with Crippen LogP contribution in [0.1, 0.15) is 29.6 Å². The molecule has 0 amide bonds. The molecule has 1 aromatic carbocycles. The Hall–Kier alpha value is -1.44. The molecular formula is C12H13NO. The van der Waals surface area contributed by atoms with Gasteiger partial charge in [0.2, 0.25) is 5.78 Å². The normalized spacial score (nSPS) is 16.1. The fraction of sp³-hybridized carbons (Fsp3) is 0.333. The second-order valence-corrected chi connectivity index (χ2v) is 3.48. The van der Waals surface area contributed by atoms with Gasteiger partial charge in [0.1, 0.15) is 0 Å². The summed E-state index contributed by atoms with van der Waals surface area (Å²) < 4.78 is 0. The summed E-state index contributed by atoms with van der Waals surface area (Å²) >= 11 is 0. The van der Waals surface area contributed by atoms with Gasteiger partial charge in [-0.1, -0.05) is 30.3 Å². The molecule has 0 saturated heterocycles. The number of aliphatic imine (C=N–C) groups is 1. The van der Waals surface area contributed by atoms with Gasteiger partial charge in [0.05, 0.1) is 5.71 Å². The van der Waals surface area contributed by atoms with Crippen LogP contribution in [0.4, 0.5) is 0 Å². The van der Waals surface area contributed by atoms with E-state index in [1.165, 1.54) is 0 Å². The number of hydrogen-bond donors (Lipinski definition) is 0. The van der Waals surface area contributed by atoms with Crippen LogP contribution < -0.4 is 0 Å². The van der Waals surface area contributed by atoms with Gasteiger partial charge in [0.25, 0.3) is 0 Å². The van der Waals surface area contributed by atoms with Gasteiger partial charge in [0, 0.05) is 12.1 Å². The Bertz CT molecular complexity index is 354. The van der Waals surface area contributed by atoms with E-state index in [1.807, 2.05) is 30.3 Å². The molecule has 1 aliphatic rings. The van der Waals surface area contributed by atoms with Crippen LogP contribution in [0.15, 0.2) is 35.3 Å². The average Bonchev–Trinajstić information content (AvgIpc) is 2.30. The zero-order chi connectivity index (χ0) is 9.80. The summed E-state index contributed by atoms with van der Waals surface area (Å²) in [7, 11) is 0. The third kappa shape index (κ3) is 1.90. The average molecular weight is 187 g/mol. The van der Waals surface area contributed by atoms with E-state index in [-0.39, 0.29) is 5.78 Å². The molecule has 0 atom stereocenters. The molecule has 72 valence electrons. The van der Waals surface area contributed by atoms with Crippen LogP contribution in [-0.2, 0) is 0 Å². The Kier molecular flexibility index (Phi) is 2.73. The smallest absolute Gasteiger partial charge is 0.206 e. The summed E-state index contributed by atoms with van der Waals surface area (Å²) in [4.78, 5) is 16.1. The van der Waals surface area contributed by atoms with Crippen molar-refractivity contribution >= 4 is 11.5 Å². The Morgan fingerprint density at radius 2 is 1.93 bits per heavy atom. The van der Waals surface area contributed by atoms with Crippen LogP contribution in [0.25, 0.3) is 0 Å². The maximum Gasteiger partial charge on any atom is 0.206 e. The zero-order valence-corrected chi connectivity index (χ0v) is 8.07. The van der Waals surface area contributed by atoms with Crippen molar-refractivity contribution in [1.82, 2.24) is 0 Å². The molecule has 0 bridgehead atoms. The molecule has 0 fully saturated rings. The Morgan fingerprint density at radius 3 is 2.57 bits per heavy atom. The van der Waals surface area contributed by atoms with Crippen molar-refractivity contribution in [3.8, 4) is 0 Å². The van der Waals surface area contributed by atoms with Crippen LogP contribution in [-0.4, -0.2) is 18.0 Å². The van der Waals surface area contributed by atoms with E-state index in [4.69, 9.17) is 0 Å². The summed E-state index contributed by atoms with van der Waals surface area (Å²) in [6.45, 7) is 0.813. The molecule has 2 rings (SSSR count). The quantitative estimate of drug-likeness (QED) is 0.654. The van der Waals surface area contributed by atoms with E-state index in [9.17, 15) is 4.79 Å². The van der Waals surface area contributed by atoms with Crippen molar-refractivity contribution in [3.63, 3.8) is 0 Å². The first-order valence-corrected chi connectivity index (χ1v) is 5.01. The van der Waals surface area contributed by atoms with Crippen LogP contribution in [0, 0.1) is 0 Å². The fourth-order valence-corrected chi connectivity index (χ4v) is 1.64. The minimum absolute atomic E-state index is 0.102. The molecule has 0 saturated carbocycles. The molecule has 0 radical (unpaired) electrons. The number of rotatable bonds is 2. The number of hydrogen-bond acceptors (Lipinski definition) is 2. The number of carbonyl (C=O) groups excluding carboxylic acids is 1. The second kappa shape index (κ2) is 4.18. The summed E-state index contributed by atoms with van der Waals surface area (Å²) in [5.41, 5.74) is 1.51. The third-order valence-electron chi connectivity index (χ3n) is 2.42. The SMILES string of the molecule is O=C(C1=NCCCC1)c1ccccc1. The highest BCUT2D eigenvalue weighted by atomic mass is 16.1. The maximum atomic E-state index is 11.9. The van der Waals surface area contributed by atoms with Crippen LogP contribution in [0.3, 0.4) is 0 Å². The van der Waals surface area contributed by atoms with E-state index < -0.39 is 0 Å². The largest absolute Gasteiger partial charge is 0.287 e. The molecule has 0 aliphatic carbocycles. The third-order valence-corrected chi connectivity index (χ3v) is 2.42. The molecule has 1 heterocycles. The lowest BCUT2D eigenvalue weighted by atomic mass is 10.0. The maximum absolute atomic E-state index is 11.9. The topological polar surface area (TPSA) is 29.4 Å². The van der Waals surface area contributed by atoms with Crippen molar-refractivity contribution in [2.24, 2.45) is 4.99 Å². The number of benzene rings is 1. The van der Waals surface area contributed by atoms with Gasteiger partial charge < -0.3 is 0 Å². The molecule has 14 heavy (non-hydrogen) atoms. The molecule has 0 aromatic heterocycles. The molecule has 1 aliphatic heterocycles.